The lowest BCUT2D eigenvalue weighted by Gasteiger charge is -2.08. The maximum absolute atomic E-state index is 13.5. The average Bonchev–Trinajstić information content (AvgIpc) is 2.28. The van der Waals surface area contributed by atoms with Crippen molar-refractivity contribution < 1.29 is 17.6 Å². The summed E-state index contributed by atoms with van der Waals surface area (Å²) >= 11 is 0. The molecule has 2 aromatic carbocycles. The van der Waals surface area contributed by atoms with Gasteiger partial charge in [0.05, 0.1) is 0 Å². The summed E-state index contributed by atoms with van der Waals surface area (Å²) in [7, 11) is 0. The van der Waals surface area contributed by atoms with Crippen molar-refractivity contribution in [3.8, 4) is 11.1 Å². The molecule has 0 bridgehead atoms. The molecular weight excluding hydrogens is 234 g/mol. The third-order valence-corrected chi connectivity index (χ3v) is 2.34. The molecular formula is C12H7F4N. The minimum atomic E-state index is -1.58. The van der Waals surface area contributed by atoms with E-state index in [1.807, 2.05) is 0 Å². The van der Waals surface area contributed by atoms with Crippen molar-refractivity contribution in [3.05, 3.63) is 53.6 Å². The monoisotopic (exact) mass is 241 g/mol. The Kier molecular flexibility index (Phi) is 2.75. The Bertz CT molecular complexity index is 581. The zero-order valence-electron chi connectivity index (χ0n) is 8.48. The molecule has 88 valence electrons. The van der Waals surface area contributed by atoms with Crippen LogP contribution in [0, 0.1) is 23.3 Å². The highest BCUT2D eigenvalue weighted by Crippen LogP contribution is 2.30. The van der Waals surface area contributed by atoms with Crippen LogP contribution in [0.15, 0.2) is 30.3 Å². The normalized spacial score (nSPS) is 10.6. The molecule has 0 atom stereocenters. The molecule has 0 saturated heterocycles. The SMILES string of the molecule is Nc1cc(F)ccc1-c1ccc(F)c(F)c1F. The summed E-state index contributed by atoms with van der Waals surface area (Å²) in [6, 6.07) is 5.09. The molecule has 2 aromatic rings. The minimum absolute atomic E-state index is 0.0464. The summed E-state index contributed by atoms with van der Waals surface area (Å²) in [5.41, 5.74) is 5.35. The summed E-state index contributed by atoms with van der Waals surface area (Å²) < 4.78 is 52.0. The second kappa shape index (κ2) is 4.08. The number of rotatable bonds is 1. The molecule has 17 heavy (non-hydrogen) atoms. The van der Waals surface area contributed by atoms with Crippen LogP contribution in [-0.2, 0) is 0 Å². The first-order valence-corrected chi connectivity index (χ1v) is 4.69. The highest BCUT2D eigenvalue weighted by atomic mass is 19.2. The molecule has 0 saturated carbocycles. The van der Waals surface area contributed by atoms with Crippen LogP contribution in [0.25, 0.3) is 11.1 Å². The smallest absolute Gasteiger partial charge is 0.195 e. The first-order valence-electron chi connectivity index (χ1n) is 4.69. The molecule has 0 spiro atoms. The van der Waals surface area contributed by atoms with Crippen molar-refractivity contribution in [2.24, 2.45) is 0 Å². The number of nitrogen functional groups attached to an aromatic ring is 1. The largest absolute Gasteiger partial charge is 0.398 e. The fourth-order valence-electron chi connectivity index (χ4n) is 1.51. The van der Waals surface area contributed by atoms with Crippen molar-refractivity contribution in [1.29, 1.82) is 0 Å². The zero-order chi connectivity index (χ0) is 12.6. The number of benzene rings is 2. The summed E-state index contributed by atoms with van der Waals surface area (Å²) in [5, 5.41) is 0. The molecule has 0 aromatic heterocycles. The summed E-state index contributed by atoms with van der Waals surface area (Å²) in [5.74, 6) is -4.80. The molecule has 0 heterocycles. The van der Waals surface area contributed by atoms with Gasteiger partial charge in [0.25, 0.3) is 0 Å². The van der Waals surface area contributed by atoms with Gasteiger partial charge in [-0.2, -0.15) is 0 Å². The van der Waals surface area contributed by atoms with E-state index in [9.17, 15) is 17.6 Å². The fraction of sp³-hybridized carbons (Fsp3) is 0. The second-order valence-electron chi connectivity index (χ2n) is 3.45. The predicted molar refractivity (Wildman–Crippen MR) is 56.1 cm³/mol. The summed E-state index contributed by atoms with van der Waals surface area (Å²) in [4.78, 5) is 0. The van der Waals surface area contributed by atoms with Crippen molar-refractivity contribution in [2.75, 3.05) is 5.73 Å². The molecule has 0 aliphatic heterocycles. The number of halogens is 4. The average molecular weight is 241 g/mol. The lowest BCUT2D eigenvalue weighted by Crippen LogP contribution is -1.97. The maximum atomic E-state index is 13.5. The highest BCUT2D eigenvalue weighted by Gasteiger charge is 2.16. The van der Waals surface area contributed by atoms with Crippen LogP contribution in [0.2, 0.25) is 0 Å². The highest BCUT2D eigenvalue weighted by molar-refractivity contribution is 5.76. The standard InChI is InChI=1S/C12H7F4N/c13-6-1-2-7(10(17)5-6)8-3-4-9(14)12(16)11(8)15/h1-5H,17H2. The van der Waals surface area contributed by atoms with E-state index in [4.69, 9.17) is 5.73 Å². The van der Waals surface area contributed by atoms with Gasteiger partial charge in [0.2, 0.25) is 0 Å². The summed E-state index contributed by atoms with van der Waals surface area (Å²) in [6.45, 7) is 0. The Hall–Kier alpha value is -2.04. The lowest BCUT2D eigenvalue weighted by atomic mass is 10.0. The number of nitrogens with two attached hydrogens (primary N) is 1. The van der Waals surface area contributed by atoms with Crippen LogP contribution in [0.4, 0.5) is 23.2 Å². The maximum Gasteiger partial charge on any atom is 0.195 e. The van der Waals surface area contributed by atoms with Gasteiger partial charge in [0.15, 0.2) is 17.5 Å². The van der Waals surface area contributed by atoms with Gasteiger partial charge in [-0.05, 0) is 30.3 Å². The third-order valence-electron chi connectivity index (χ3n) is 2.34. The quantitative estimate of drug-likeness (QED) is 0.461. The second-order valence-corrected chi connectivity index (χ2v) is 3.45. The Morgan fingerprint density at radius 2 is 1.41 bits per heavy atom. The molecule has 0 radical (unpaired) electrons. The van der Waals surface area contributed by atoms with E-state index in [1.165, 1.54) is 6.07 Å². The molecule has 5 heteroatoms. The van der Waals surface area contributed by atoms with Crippen LogP contribution >= 0.6 is 0 Å². The van der Waals surface area contributed by atoms with Crippen molar-refractivity contribution in [2.45, 2.75) is 0 Å². The van der Waals surface area contributed by atoms with Crippen LogP contribution < -0.4 is 5.73 Å². The van der Waals surface area contributed by atoms with Crippen molar-refractivity contribution >= 4 is 5.69 Å². The Morgan fingerprint density at radius 3 is 2.06 bits per heavy atom. The summed E-state index contributed by atoms with van der Waals surface area (Å²) in [6.07, 6.45) is 0. The van der Waals surface area contributed by atoms with Gasteiger partial charge < -0.3 is 5.73 Å². The predicted octanol–water partition coefficient (Wildman–Crippen LogP) is 3.49. The number of hydrogen-bond acceptors (Lipinski definition) is 1. The van der Waals surface area contributed by atoms with Gasteiger partial charge in [0.1, 0.15) is 5.82 Å². The van der Waals surface area contributed by atoms with E-state index in [2.05, 4.69) is 0 Å². The molecule has 0 unspecified atom stereocenters. The van der Waals surface area contributed by atoms with Crippen LogP contribution in [0.1, 0.15) is 0 Å². The van der Waals surface area contributed by atoms with E-state index >= 15 is 0 Å². The molecule has 0 aliphatic rings. The Labute approximate surface area is 94.5 Å². The zero-order valence-corrected chi connectivity index (χ0v) is 8.48. The van der Waals surface area contributed by atoms with Gasteiger partial charge in [-0.15, -0.1) is 0 Å². The Balaban J connectivity index is 2.65. The number of hydrogen-bond donors (Lipinski definition) is 1. The van der Waals surface area contributed by atoms with E-state index < -0.39 is 23.3 Å². The van der Waals surface area contributed by atoms with Gasteiger partial charge >= 0.3 is 0 Å². The first kappa shape index (κ1) is 11.4. The third kappa shape index (κ3) is 1.95. The molecule has 0 amide bonds. The number of anilines is 1. The van der Waals surface area contributed by atoms with E-state index in [0.717, 1.165) is 24.3 Å². The molecule has 2 rings (SSSR count). The van der Waals surface area contributed by atoms with Gasteiger partial charge in [-0.1, -0.05) is 0 Å². The molecule has 2 N–H and O–H groups in total. The van der Waals surface area contributed by atoms with Crippen LogP contribution in [0.5, 0.6) is 0 Å². The van der Waals surface area contributed by atoms with Crippen LogP contribution in [-0.4, -0.2) is 0 Å². The van der Waals surface area contributed by atoms with Gasteiger partial charge in [0, 0.05) is 16.8 Å². The minimum Gasteiger partial charge on any atom is -0.398 e. The topological polar surface area (TPSA) is 26.0 Å². The van der Waals surface area contributed by atoms with Crippen LogP contribution in [0.3, 0.4) is 0 Å². The van der Waals surface area contributed by atoms with Crippen molar-refractivity contribution in [1.82, 2.24) is 0 Å². The first-order chi connectivity index (χ1) is 8.00. The van der Waals surface area contributed by atoms with Crippen molar-refractivity contribution in [3.63, 3.8) is 0 Å². The van der Waals surface area contributed by atoms with Gasteiger partial charge in [-0.25, -0.2) is 17.6 Å². The Morgan fingerprint density at radius 1 is 0.765 bits per heavy atom. The fourth-order valence-corrected chi connectivity index (χ4v) is 1.51. The molecule has 0 fully saturated rings. The van der Waals surface area contributed by atoms with E-state index in [0.29, 0.717) is 0 Å². The molecule has 1 nitrogen and oxygen atoms in total. The van der Waals surface area contributed by atoms with Gasteiger partial charge in [-0.3, -0.25) is 0 Å². The van der Waals surface area contributed by atoms with E-state index in [-0.39, 0.29) is 16.8 Å². The molecule has 0 aliphatic carbocycles. The van der Waals surface area contributed by atoms with E-state index in [1.54, 1.807) is 0 Å². The lowest BCUT2D eigenvalue weighted by molar-refractivity contribution is 0.449.